The van der Waals surface area contributed by atoms with Gasteiger partial charge in [0.05, 0.1) is 0 Å². The maximum absolute atomic E-state index is 12.0. The molecule has 0 aliphatic carbocycles. The van der Waals surface area contributed by atoms with Gasteiger partial charge in [0, 0.05) is 6.20 Å². The minimum Gasteiger partial charge on any atom is -0.228 e. The fraction of sp³-hybridized carbons (Fsp3) is 0.545. The van der Waals surface area contributed by atoms with Gasteiger partial charge in [-0.25, -0.2) is 4.98 Å². The van der Waals surface area contributed by atoms with E-state index in [-0.39, 0.29) is 0 Å². The van der Waals surface area contributed by atoms with Crippen molar-refractivity contribution in [1.82, 2.24) is 4.98 Å². The molecule has 1 nitrogen and oxygen atoms in total. The van der Waals surface area contributed by atoms with Crippen molar-refractivity contribution in [2.24, 2.45) is 0 Å². The molecule has 1 aromatic rings. The summed E-state index contributed by atoms with van der Waals surface area (Å²) in [6, 6.07) is 3.03. The Morgan fingerprint density at radius 2 is 1.69 bits per heavy atom. The standard InChI is InChI=1S/C6H6FN.C3H8.C2H6/c1-5-2-3-6(7)8-4-5;1-3-2;1-2/h2-4H,1H3;3H2,1-2H3;1-2H3. The fourth-order valence-corrected chi connectivity index (χ4v) is 0.450. The maximum atomic E-state index is 12.0. The monoisotopic (exact) mass is 185 g/mol. The molecule has 0 saturated heterocycles. The van der Waals surface area contributed by atoms with E-state index in [0.717, 1.165) is 5.56 Å². The van der Waals surface area contributed by atoms with Crippen molar-refractivity contribution >= 4 is 0 Å². The van der Waals surface area contributed by atoms with E-state index in [1.807, 2.05) is 20.8 Å². The van der Waals surface area contributed by atoms with Crippen LogP contribution < -0.4 is 0 Å². The van der Waals surface area contributed by atoms with Crippen molar-refractivity contribution in [3.8, 4) is 0 Å². The van der Waals surface area contributed by atoms with Crippen LogP contribution in [0.5, 0.6) is 0 Å². The minimum absolute atomic E-state index is 0.421. The number of rotatable bonds is 0. The van der Waals surface area contributed by atoms with Crippen molar-refractivity contribution in [2.75, 3.05) is 0 Å². The van der Waals surface area contributed by atoms with Gasteiger partial charge in [-0.05, 0) is 18.6 Å². The van der Waals surface area contributed by atoms with Crippen LogP contribution in [-0.4, -0.2) is 4.98 Å². The Hall–Kier alpha value is -0.920. The average Bonchev–Trinajstić information content (AvgIpc) is 2.15. The van der Waals surface area contributed by atoms with Gasteiger partial charge in [-0.2, -0.15) is 4.39 Å². The van der Waals surface area contributed by atoms with E-state index in [4.69, 9.17) is 0 Å². The third-order valence-electron chi connectivity index (χ3n) is 0.875. The molecule has 0 atom stereocenters. The Morgan fingerprint density at radius 1 is 1.23 bits per heavy atom. The summed E-state index contributed by atoms with van der Waals surface area (Å²) in [6.45, 7) is 10.1. The van der Waals surface area contributed by atoms with Gasteiger partial charge in [0.25, 0.3) is 0 Å². The molecule has 1 aromatic heterocycles. The summed E-state index contributed by atoms with van der Waals surface area (Å²) in [6.07, 6.45) is 2.75. The molecule has 13 heavy (non-hydrogen) atoms. The van der Waals surface area contributed by atoms with Crippen LogP contribution in [0, 0.1) is 12.9 Å². The number of nitrogens with zero attached hydrogens (tertiary/aromatic N) is 1. The third kappa shape index (κ3) is 11.1. The highest BCUT2D eigenvalue weighted by Crippen LogP contribution is 1.94. The first kappa shape index (κ1) is 14.6. The maximum Gasteiger partial charge on any atom is 0.212 e. The first-order valence-electron chi connectivity index (χ1n) is 4.78. The molecular formula is C11H20FN. The number of hydrogen-bond donors (Lipinski definition) is 0. The van der Waals surface area contributed by atoms with Crippen molar-refractivity contribution in [3.05, 3.63) is 29.8 Å². The average molecular weight is 185 g/mol. The molecule has 0 unspecified atom stereocenters. The Kier molecular flexibility index (Phi) is 12.4. The zero-order chi connectivity index (χ0) is 10.7. The van der Waals surface area contributed by atoms with E-state index in [1.54, 1.807) is 6.07 Å². The van der Waals surface area contributed by atoms with E-state index in [9.17, 15) is 4.39 Å². The second-order valence-corrected chi connectivity index (χ2v) is 2.37. The Bertz CT molecular complexity index is 161. The normalized spacial score (nSPS) is 7.54. The van der Waals surface area contributed by atoms with Gasteiger partial charge in [-0.1, -0.05) is 40.2 Å². The van der Waals surface area contributed by atoms with Gasteiger partial charge >= 0.3 is 0 Å². The number of aromatic nitrogens is 1. The summed E-state index contributed by atoms with van der Waals surface area (Å²) in [4.78, 5) is 3.41. The van der Waals surface area contributed by atoms with Crippen LogP contribution in [0.1, 0.15) is 39.7 Å². The molecule has 0 spiro atoms. The fourth-order valence-electron chi connectivity index (χ4n) is 0.450. The Morgan fingerprint density at radius 3 is 1.92 bits per heavy atom. The molecule has 0 aliphatic rings. The van der Waals surface area contributed by atoms with Crippen LogP contribution in [0.2, 0.25) is 0 Å². The molecule has 1 heterocycles. The summed E-state index contributed by atoms with van der Waals surface area (Å²) in [5.41, 5.74) is 0.978. The summed E-state index contributed by atoms with van der Waals surface area (Å²) in [7, 11) is 0. The molecule has 0 N–H and O–H groups in total. The van der Waals surface area contributed by atoms with Crippen LogP contribution >= 0.6 is 0 Å². The SMILES string of the molecule is CC.CCC.Cc1ccc(F)nc1. The predicted molar refractivity (Wildman–Crippen MR) is 56.2 cm³/mol. The van der Waals surface area contributed by atoms with Gasteiger partial charge in [0.15, 0.2) is 0 Å². The Labute approximate surface area is 81.0 Å². The summed E-state index contributed by atoms with van der Waals surface area (Å²) in [5, 5.41) is 0. The number of aryl methyl sites for hydroxylation is 1. The first-order chi connectivity index (χ1) is 6.20. The number of hydrogen-bond acceptors (Lipinski definition) is 1. The molecule has 0 radical (unpaired) electrons. The lowest BCUT2D eigenvalue weighted by Gasteiger charge is -1.86. The third-order valence-corrected chi connectivity index (χ3v) is 0.875. The molecular weight excluding hydrogens is 165 g/mol. The summed E-state index contributed by atoms with van der Waals surface area (Å²) in [5.74, 6) is -0.421. The van der Waals surface area contributed by atoms with Crippen LogP contribution in [0.4, 0.5) is 4.39 Å². The van der Waals surface area contributed by atoms with Gasteiger partial charge in [-0.15, -0.1) is 0 Å². The predicted octanol–water partition coefficient (Wildman–Crippen LogP) is 3.97. The zero-order valence-corrected chi connectivity index (χ0v) is 9.26. The molecule has 1 rings (SSSR count). The molecule has 0 saturated carbocycles. The lowest BCUT2D eigenvalue weighted by Crippen LogP contribution is -1.79. The molecule has 2 heteroatoms. The molecule has 76 valence electrons. The van der Waals surface area contributed by atoms with Gasteiger partial charge in [0.2, 0.25) is 5.95 Å². The van der Waals surface area contributed by atoms with E-state index in [2.05, 4.69) is 18.8 Å². The molecule has 0 amide bonds. The number of pyridine rings is 1. The molecule has 0 fully saturated rings. The summed E-state index contributed by atoms with van der Waals surface area (Å²) < 4.78 is 12.0. The topological polar surface area (TPSA) is 12.9 Å². The van der Waals surface area contributed by atoms with Crippen molar-refractivity contribution < 1.29 is 4.39 Å². The van der Waals surface area contributed by atoms with Crippen molar-refractivity contribution in [1.29, 1.82) is 0 Å². The summed E-state index contributed by atoms with van der Waals surface area (Å²) >= 11 is 0. The highest BCUT2D eigenvalue weighted by Gasteiger charge is 1.85. The Balaban J connectivity index is 0. The molecule has 0 aliphatic heterocycles. The van der Waals surface area contributed by atoms with E-state index < -0.39 is 5.95 Å². The lowest BCUT2D eigenvalue weighted by atomic mass is 10.3. The smallest absolute Gasteiger partial charge is 0.212 e. The molecule has 0 aromatic carbocycles. The van der Waals surface area contributed by atoms with Gasteiger partial charge in [0.1, 0.15) is 0 Å². The van der Waals surface area contributed by atoms with Crippen LogP contribution in [0.15, 0.2) is 18.3 Å². The number of halogens is 1. The lowest BCUT2D eigenvalue weighted by molar-refractivity contribution is 0.583. The quantitative estimate of drug-likeness (QED) is 0.557. The second-order valence-electron chi connectivity index (χ2n) is 2.37. The molecule has 0 bridgehead atoms. The first-order valence-corrected chi connectivity index (χ1v) is 4.78. The van der Waals surface area contributed by atoms with Gasteiger partial charge < -0.3 is 0 Å². The van der Waals surface area contributed by atoms with Crippen LogP contribution in [0.3, 0.4) is 0 Å². The highest BCUT2D eigenvalue weighted by molar-refractivity contribution is 5.05. The van der Waals surface area contributed by atoms with Crippen LogP contribution in [-0.2, 0) is 0 Å². The largest absolute Gasteiger partial charge is 0.228 e. The highest BCUT2D eigenvalue weighted by atomic mass is 19.1. The van der Waals surface area contributed by atoms with Crippen molar-refractivity contribution in [2.45, 2.75) is 41.0 Å². The zero-order valence-electron chi connectivity index (χ0n) is 9.26. The van der Waals surface area contributed by atoms with E-state index in [1.165, 1.54) is 18.7 Å². The van der Waals surface area contributed by atoms with Gasteiger partial charge in [-0.3, -0.25) is 0 Å². The second kappa shape index (κ2) is 11.1. The van der Waals surface area contributed by atoms with Crippen LogP contribution in [0.25, 0.3) is 0 Å². The van der Waals surface area contributed by atoms with E-state index in [0.29, 0.717) is 0 Å². The van der Waals surface area contributed by atoms with Crippen molar-refractivity contribution in [3.63, 3.8) is 0 Å². The van der Waals surface area contributed by atoms with E-state index >= 15 is 0 Å². The minimum atomic E-state index is -0.421.